The Morgan fingerprint density at radius 2 is 1.72 bits per heavy atom. The van der Waals surface area contributed by atoms with Gasteiger partial charge in [0.25, 0.3) is 0 Å². The summed E-state index contributed by atoms with van der Waals surface area (Å²) < 4.78 is 12.0. The number of nitrogens with zero attached hydrogens (tertiary/aromatic N) is 2. The first-order valence-electron chi connectivity index (χ1n) is 9.82. The molecule has 1 aliphatic rings. The summed E-state index contributed by atoms with van der Waals surface area (Å²) in [5.41, 5.74) is 0. The van der Waals surface area contributed by atoms with Crippen LogP contribution in [-0.4, -0.2) is 64.8 Å². The van der Waals surface area contributed by atoms with Gasteiger partial charge in [0.05, 0.1) is 0 Å². The lowest BCUT2D eigenvalue weighted by atomic mass is 10.0. The van der Waals surface area contributed by atoms with Gasteiger partial charge in [0.15, 0.2) is 5.96 Å². The van der Waals surface area contributed by atoms with Crippen molar-refractivity contribution < 1.29 is 4.21 Å². The zero-order chi connectivity index (χ0) is 18.9. The molecule has 0 saturated carbocycles. The van der Waals surface area contributed by atoms with Gasteiger partial charge in [-0.3, -0.25) is 14.1 Å². The van der Waals surface area contributed by atoms with Crippen molar-refractivity contribution in [3.8, 4) is 0 Å². The first-order chi connectivity index (χ1) is 11.8. The van der Waals surface area contributed by atoms with Crippen LogP contribution < -0.4 is 10.6 Å². The van der Waals surface area contributed by atoms with E-state index >= 15 is 0 Å². The van der Waals surface area contributed by atoms with Gasteiger partial charge in [0.2, 0.25) is 0 Å². The molecule has 6 heteroatoms. The van der Waals surface area contributed by atoms with Crippen molar-refractivity contribution in [1.29, 1.82) is 0 Å². The molecule has 2 N–H and O–H groups in total. The molecule has 0 aromatic rings. The lowest BCUT2D eigenvalue weighted by Crippen LogP contribution is -2.50. The molecule has 0 amide bonds. The zero-order valence-corrected chi connectivity index (χ0v) is 18.0. The summed E-state index contributed by atoms with van der Waals surface area (Å²) in [5, 5.41) is 6.79. The second-order valence-corrected chi connectivity index (χ2v) is 10.6. The van der Waals surface area contributed by atoms with Gasteiger partial charge in [0, 0.05) is 47.5 Å². The van der Waals surface area contributed by atoms with E-state index in [4.69, 9.17) is 0 Å². The minimum absolute atomic E-state index is 0.159. The molecule has 0 aromatic heterocycles. The van der Waals surface area contributed by atoms with Gasteiger partial charge in [-0.05, 0) is 52.6 Å². The molecule has 25 heavy (non-hydrogen) atoms. The Morgan fingerprint density at radius 1 is 1.12 bits per heavy atom. The zero-order valence-electron chi connectivity index (χ0n) is 17.2. The summed E-state index contributed by atoms with van der Waals surface area (Å²) in [6.45, 7) is 14.7. The van der Waals surface area contributed by atoms with Gasteiger partial charge < -0.3 is 10.6 Å². The third-order valence-corrected chi connectivity index (χ3v) is 6.79. The lowest BCUT2D eigenvalue weighted by Gasteiger charge is -2.34. The third kappa shape index (κ3) is 8.54. The molecule has 1 heterocycles. The predicted octanol–water partition coefficient (Wildman–Crippen LogP) is 2.60. The average Bonchev–Trinajstić information content (AvgIpc) is 2.81. The second kappa shape index (κ2) is 11.2. The number of aliphatic imine (C=N–C) groups is 1. The fourth-order valence-electron chi connectivity index (χ4n) is 3.20. The van der Waals surface area contributed by atoms with Crippen molar-refractivity contribution in [2.24, 2.45) is 10.9 Å². The first-order valence-corrected chi connectivity index (χ1v) is 11.1. The quantitative estimate of drug-likeness (QED) is 0.533. The minimum Gasteiger partial charge on any atom is -0.355 e. The minimum atomic E-state index is -0.835. The predicted molar refractivity (Wildman–Crippen MR) is 111 cm³/mol. The Hall–Kier alpha value is -0.620. The van der Waals surface area contributed by atoms with Crippen LogP contribution in [0.2, 0.25) is 0 Å². The van der Waals surface area contributed by atoms with E-state index in [-0.39, 0.29) is 4.75 Å². The maximum Gasteiger partial charge on any atom is 0.191 e. The Balaban J connectivity index is 2.46. The van der Waals surface area contributed by atoms with Crippen molar-refractivity contribution in [3.63, 3.8) is 0 Å². The molecule has 0 radical (unpaired) electrons. The van der Waals surface area contributed by atoms with Gasteiger partial charge in [-0.15, -0.1) is 0 Å². The van der Waals surface area contributed by atoms with Gasteiger partial charge in [-0.2, -0.15) is 0 Å². The van der Waals surface area contributed by atoms with Gasteiger partial charge in [0.1, 0.15) is 0 Å². The van der Waals surface area contributed by atoms with Crippen molar-refractivity contribution in [1.82, 2.24) is 15.5 Å². The lowest BCUT2D eigenvalue weighted by molar-refractivity contribution is 0.161. The highest BCUT2D eigenvalue weighted by molar-refractivity contribution is 7.86. The second-order valence-electron chi connectivity index (χ2n) is 8.30. The van der Waals surface area contributed by atoms with E-state index in [2.05, 4.69) is 34.4 Å². The largest absolute Gasteiger partial charge is 0.355 e. The van der Waals surface area contributed by atoms with Crippen LogP contribution in [0.25, 0.3) is 0 Å². The summed E-state index contributed by atoms with van der Waals surface area (Å²) in [5.74, 6) is 2.06. The summed E-state index contributed by atoms with van der Waals surface area (Å²) in [6, 6.07) is 0.528. The molecule has 2 unspecified atom stereocenters. The maximum atomic E-state index is 12.1. The van der Waals surface area contributed by atoms with Crippen LogP contribution >= 0.6 is 0 Å². The molecule has 148 valence electrons. The van der Waals surface area contributed by atoms with E-state index in [1.165, 1.54) is 38.8 Å². The molecule has 1 aliphatic heterocycles. The van der Waals surface area contributed by atoms with Gasteiger partial charge in [-0.1, -0.05) is 26.7 Å². The fraction of sp³-hybridized carbons (Fsp3) is 0.947. The molecule has 0 aliphatic carbocycles. The van der Waals surface area contributed by atoms with Crippen LogP contribution in [0.1, 0.15) is 60.3 Å². The van der Waals surface area contributed by atoms with E-state index in [0.29, 0.717) is 24.3 Å². The summed E-state index contributed by atoms with van der Waals surface area (Å²) in [6.07, 6.45) is 5.36. The van der Waals surface area contributed by atoms with Gasteiger partial charge >= 0.3 is 0 Å². The highest BCUT2D eigenvalue weighted by atomic mass is 32.2. The average molecular weight is 373 g/mol. The van der Waals surface area contributed by atoms with E-state index in [0.717, 1.165) is 12.5 Å². The van der Waals surface area contributed by atoms with E-state index < -0.39 is 10.8 Å². The highest BCUT2D eigenvalue weighted by Crippen LogP contribution is 2.17. The molecule has 1 rings (SSSR count). The SMILES string of the molecule is CN=C(NCCS(=O)C(C)(C)C)NCC(C(C)C)N1CCCCCC1. The van der Waals surface area contributed by atoms with Crippen molar-refractivity contribution in [2.75, 3.05) is 39.0 Å². The molecular formula is C19H40N4OS. The molecule has 0 spiro atoms. The van der Waals surface area contributed by atoms with Crippen LogP contribution in [0.4, 0.5) is 0 Å². The maximum absolute atomic E-state index is 12.1. The Labute approximate surface area is 157 Å². The van der Waals surface area contributed by atoms with Crippen LogP contribution in [0, 0.1) is 5.92 Å². The number of guanidine groups is 1. The first kappa shape index (κ1) is 22.4. The number of hydrogen-bond donors (Lipinski definition) is 2. The van der Waals surface area contributed by atoms with Crippen LogP contribution in [0.5, 0.6) is 0 Å². The van der Waals surface area contributed by atoms with Crippen molar-refractivity contribution in [3.05, 3.63) is 0 Å². The fourth-order valence-corrected chi connectivity index (χ4v) is 4.10. The van der Waals surface area contributed by atoms with Crippen LogP contribution in [0.15, 0.2) is 4.99 Å². The number of hydrogen-bond acceptors (Lipinski definition) is 3. The molecule has 1 fully saturated rings. The molecule has 0 aromatic carbocycles. The highest BCUT2D eigenvalue weighted by Gasteiger charge is 2.23. The third-order valence-electron chi connectivity index (χ3n) is 4.84. The van der Waals surface area contributed by atoms with E-state index in [1.54, 1.807) is 7.05 Å². The number of likely N-dealkylation sites (tertiary alicyclic amines) is 1. The number of rotatable bonds is 7. The molecule has 2 atom stereocenters. The monoisotopic (exact) mass is 372 g/mol. The summed E-state index contributed by atoms with van der Waals surface area (Å²) in [7, 11) is 0.963. The summed E-state index contributed by atoms with van der Waals surface area (Å²) in [4.78, 5) is 6.96. The summed E-state index contributed by atoms with van der Waals surface area (Å²) >= 11 is 0. The smallest absolute Gasteiger partial charge is 0.191 e. The molecular weight excluding hydrogens is 332 g/mol. The van der Waals surface area contributed by atoms with Crippen LogP contribution in [0.3, 0.4) is 0 Å². The molecule has 1 saturated heterocycles. The van der Waals surface area contributed by atoms with Crippen molar-refractivity contribution >= 4 is 16.8 Å². The van der Waals surface area contributed by atoms with Crippen molar-refractivity contribution in [2.45, 2.75) is 71.1 Å². The van der Waals surface area contributed by atoms with E-state index in [1.807, 2.05) is 20.8 Å². The van der Waals surface area contributed by atoms with E-state index in [9.17, 15) is 4.21 Å². The van der Waals surface area contributed by atoms with Crippen LogP contribution in [-0.2, 0) is 10.8 Å². The standard InChI is InChI=1S/C19H40N4OS/c1-16(2)17(23-12-9-7-8-10-13-23)15-22-18(20-6)21-11-14-25(24)19(3,4)5/h16-17H,7-15H2,1-6H3,(H2,20,21,22). The Morgan fingerprint density at radius 3 is 2.20 bits per heavy atom. The molecule has 5 nitrogen and oxygen atoms in total. The number of nitrogens with one attached hydrogen (secondary N) is 2. The topological polar surface area (TPSA) is 56.7 Å². The van der Waals surface area contributed by atoms with Gasteiger partial charge in [-0.25, -0.2) is 0 Å². The Bertz CT molecular complexity index is 424. The Kier molecular flexibility index (Phi) is 10.0. The molecule has 0 bridgehead atoms. The normalized spacial score (nSPS) is 20.2.